The van der Waals surface area contributed by atoms with Crippen LogP contribution in [0.15, 0.2) is 34.7 Å². The molecule has 1 N–H and O–H groups in total. The number of carboxylic acid groups (broad SMARTS) is 1. The van der Waals surface area contributed by atoms with Crippen LogP contribution in [0.25, 0.3) is 21.9 Å². The van der Waals surface area contributed by atoms with Gasteiger partial charge >= 0.3 is 5.97 Å². The number of rotatable bonds is 6. The zero-order valence-corrected chi connectivity index (χ0v) is 19.3. The van der Waals surface area contributed by atoms with Crippen molar-refractivity contribution in [3.8, 4) is 0 Å². The predicted octanol–water partition coefficient (Wildman–Crippen LogP) is 6.14. The van der Waals surface area contributed by atoms with Crippen molar-refractivity contribution in [2.24, 2.45) is 11.8 Å². The molecule has 0 saturated heterocycles. The number of hydrogen-bond donors (Lipinski definition) is 1. The Morgan fingerprint density at radius 2 is 1.76 bits per heavy atom. The fourth-order valence-corrected chi connectivity index (χ4v) is 5.33. The van der Waals surface area contributed by atoms with E-state index in [2.05, 4.69) is 6.92 Å². The first-order chi connectivity index (χ1) is 16.0. The topological polar surface area (TPSA) is 80.0 Å². The molecule has 0 atom stereocenters. The average Bonchev–Trinajstić information content (AvgIpc) is 3.12. The Hall–Kier alpha value is -2.86. The fraction of sp³-hybridized carbons (Fsp3) is 0.481. The van der Waals surface area contributed by atoms with E-state index < -0.39 is 5.97 Å². The van der Waals surface area contributed by atoms with Crippen molar-refractivity contribution in [1.82, 2.24) is 0 Å². The third-order valence-electron chi connectivity index (χ3n) is 7.50. The molecule has 1 aromatic heterocycles. The van der Waals surface area contributed by atoms with Crippen molar-refractivity contribution in [3.05, 3.63) is 41.5 Å². The molecule has 0 radical (unpaired) electrons. The molecule has 6 nitrogen and oxygen atoms in total. The van der Waals surface area contributed by atoms with Crippen LogP contribution in [0.3, 0.4) is 0 Å². The van der Waals surface area contributed by atoms with Gasteiger partial charge in [0.2, 0.25) is 5.91 Å². The van der Waals surface area contributed by atoms with Gasteiger partial charge in [-0.3, -0.25) is 4.79 Å². The van der Waals surface area contributed by atoms with Crippen LogP contribution >= 0.6 is 0 Å². The maximum Gasteiger partial charge on any atom is 0.337 e. The van der Waals surface area contributed by atoms with Crippen molar-refractivity contribution < 1.29 is 23.8 Å². The zero-order valence-electron chi connectivity index (χ0n) is 19.3. The van der Waals surface area contributed by atoms with Gasteiger partial charge in [-0.05, 0) is 80.7 Å². The van der Waals surface area contributed by atoms with E-state index in [4.69, 9.17) is 9.15 Å². The number of anilines is 1. The summed E-state index contributed by atoms with van der Waals surface area (Å²) in [6.45, 7) is 2.72. The van der Waals surface area contributed by atoms with Crippen LogP contribution in [0.5, 0.6) is 0 Å². The number of carbonyl (C=O) groups excluding carboxylic acids is 1. The van der Waals surface area contributed by atoms with Crippen LogP contribution in [0.4, 0.5) is 5.69 Å². The average molecular weight is 450 g/mol. The maximum absolute atomic E-state index is 13.8. The Kier molecular flexibility index (Phi) is 5.87. The monoisotopic (exact) mass is 449 g/mol. The summed E-state index contributed by atoms with van der Waals surface area (Å²) >= 11 is 0. The van der Waals surface area contributed by atoms with Crippen molar-refractivity contribution >= 4 is 39.5 Å². The molecule has 0 spiro atoms. The van der Waals surface area contributed by atoms with E-state index in [0.717, 1.165) is 61.3 Å². The summed E-state index contributed by atoms with van der Waals surface area (Å²) in [6.07, 6.45) is 6.75. The first kappa shape index (κ1) is 22.0. The number of aromatic carboxylic acids is 1. The van der Waals surface area contributed by atoms with Crippen LogP contribution in [-0.4, -0.2) is 30.1 Å². The summed E-state index contributed by atoms with van der Waals surface area (Å²) in [5.41, 5.74) is 2.86. The van der Waals surface area contributed by atoms with Gasteiger partial charge in [-0.25, -0.2) is 4.79 Å². The molecule has 5 rings (SSSR count). The number of methoxy groups -OCH3 is 1. The molecule has 1 amide bonds. The summed E-state index contributed by atoms with van der Waals surface area (Å²) in [7, 11) is 1.66. The van der Waals surface area contributed by atoms with E-state index in [0.29, 0.717) is 29.4 Å². The largest absolute Gasteiger partial charge is 0.478 e. The molecule has 33 heavy (non-hydrogen) atoms. The number of hydrogen-bond acceptors (Lipinski definition) is 4. The number of carboxylic acids is 1. The number of ether oxygens (including phenoxy) is 1. The lowest BCUT2D eigenvalue weighted by Crippen LogP contribution is -2.48. The van der Waals surface area contributed by atoms with E-state index in [1.165, 1.54) is 0 Å². The molecule has 0 bridgehead atoms. The number of benzene rings is 2. The van der Waals surface area contributed by atoms with Gasteiger partial charge in [-0.1, -0.05) is 13.0 Å². The summed E-state index contributed by atoms with van der Waals surface area (Å²) in [6, 6.07) is 9.37. The Morgan fingerprint density at radius 1 is 1.03 bits per heavy atom. The molecule has 174 valence electrons. The van der Waals surface area contributed by atoms with Crippen LogP contribution in [-0.2, 0) is 16.1 Å². The van der Waals surface area contributed by atoms with E-state index in [9.17, 15) is 14.7 Å². The minimum atomic E-state index is -1.04. The highest BCUT2D eigenvalue weighted by Gasteiger charge is 2.37. The van der Waals surface area contributed by atoms with Crippen molar-refractivity contribution in [1.29, 1.82) is 0 Å². The third-order valence-corrected chi connectivity index (χ3v) is 7.50. The number of nitrogens with zero attached hydrogens (tertiary/aromatic N) is 1. The number of carbonyl (C=O) groups is 2. The van der Waals surface area contributed by atoms with Gasteiger partial charge < -0.3 is 19.2 Å². The Bertz CT molecular complexity index is 1200. The highest BCUT2D eigenvalue weighted by Crippen LogP contribution is 2.40. The summed E-state index contributed by atoms with van der Waals surface area (Å²) < 4.78 is 11.3. The number of furan rings is 1. The van der Waals surface area contributed by atoms with Gasteiger partial charge in [0.05, 0.1) is 17.9 Å². The van der Waals surface area contributed by atoms with Crippen LogP contribution in [0.2, 0.25) is 0 Å². The van der Waals surface area contributed by atoms with Gasteiger partial charge in [0.1, 0.15) is 11.2 Å². The molecular weight excluding hydrogens is 418 g/mol. The highest BCUT2D eigenvalue weighted by molar-refractivity contribution is 6.12. The van der Waals surface area contributed by atoms with Crippen molar-refractivity contribution in [2.45, 2.75) is 64.5 Å². The smallest absolute Gasteiger partial charge is 0.337 e. The Morgan fingerprint density at radius 3 is 2.39 bits per heavy atom. The summed E-state index contributed by atoms with van der Waals surface area (Å²) in [5, 5.41) is 11.8. The lowest BCUT2D eigenvalue weighted by Gasteiger charge is -2.41. The Balaban J connectivity index is 1.64. The second-order valence-electron chi connectivity index (χ2n) is 9.79. The second kappa shape index (κ2) is 8.82. The molecule has 0 aliphatic heterocycles. The molecule has 3 aromatic rings. The predicted molar refractivity (Wildman–Crippen MR) is 128 cm³/mol. The first-order valence-corrected chi connectivity index (χ1v) is 12.0. The first-order valence-electron chi connectivity index (χ1n) is 12.0. The lowest BCUT2D eigenvalue weighted by molar-refractivity contribution is -0.124. The number of amides is 1. The van der Waals surface area contributed by atoms with Crippen LogP contribution < -0.4 is 4.90 Å². The maximum atomic E-state index is 13.8. The third kappa shape index (κ3) is 4.01. The van der Waals surface area contributed by atoms with Gasteiger partial charge in [0, 0.05) is 29.8 Å². The fourth-order valence-electron chi connectivity index (χ4n) is 5.33. The zero-order chi connectivity index (χ0) is 23.1. The molecule has 2 saturated carbocycles. The Labute approximate surface area is 193 Å². The van der Waals surface area contributed by atoms with E-state index in [1.807, 2.05) is 29.2 Å². The van der Waals surface area contributed by atoms with Crippen molar-refractivity contribution in [3.63, 3.8) is 0 Å². The summed E-state index contributed by atoms with van der Waals surface area (Å²) in [5.74, 6) is -0.340. The minimum Gasteiger partial charge on any atom is -0.478 e. The molecule has 2 aliphatic rings. The van der Waals surface area contributed by atoms with Crippen LogP contribution in [0, 0.1) is 11.8 Å². The van der Waals surface area contributed by atoms with E-state index in [-0.39, 0.29) is 23.4 Å². The molecular formula is C27H31NO5. The van der Waals surface area contributed by atoms with E-state index >= 15 is 0 Å². The van der Waals surface area contributed by atoms with Gasteiger partial charge in [0.25, 0.3) is 0 Å². The minimum absolute atomic E-state index is 0.0338. The standard InChI is InChI=1S/C27H31NO5/c1-16-6-9-18(10-7-16)26(29)28(19-4-3-5-19)23-13-21-20-12-17(15-32-2)8-11-24(20)33-25(21)14-22(23)27(30)31/h8,11-14,16,18-19H,3-7,9-10,15H2,1-2H3,(H,30,31)/t16-,18-. The molecule has 0 unspecified atom stereocenters. The highest BCUT2D eigenvalue weighted by atomic mass is 16.5. The quantitative estimate of drug-likeness (QED) is 0.489. The molecule has 2 aliphatic carbocycles. The SMILES string of the molecule is COCc1ccc2oc3cc(C(=O)O)c(N(C(=O)[C@H]4CC[C@H](C)CC4)C4CCC4)cc3c2c1. The second-order valence-corrected chi connectivity index (χ2v) is 9.79. The molecule has 1 heterocycles. The lowest BCUT2D eigenvalue weighted by atomic mass is 9.81. The summed E-state index contributed by atoms with van der Waals surface area (Å²) in [4.78, 5) is 27.9. The molecule has 2 fully saturated rings. The van der Waals surface area contributed by atoms with Gasteiger partial charge in [-0.15, -0.1) is 0 Å². The van der Waals surface area contributed by atoms with Gasteiger partial charge in [0.15, 0.2) is 0 Å². The molecule has 6 heteroatoms. The van der Waals surface area contributed by atoms with Crippen molar-refractivity contribution in [2.75, 3.05) is 12.0 Å². The van der Waals surface area contributed by atoms with Crippen LogP contribution in [0.1, 0.15) is 67.8 Å². The van der Waals surface area contributed by atoms with Gasteiger partial charge in [-0.2, -0.15) is 0 Å². The molecule has 2 aromatic carbocycles. The normalized spacial score (nSPS) is 21.3. The van der Waals surface area contributed by atoms with E-state index in [1.54, 1.807) is 13.2 Å². The number of fused-ring (bicyclic) bond motifs is 3.